The van der Waals surface area contributed by atoms with Gasteiger partial charge in [-0.3, -0.25) is 0 Å². The molecule has 0 spiro atoms. The smallest absolute Gasteiger partial charge is 0.224 e. The van der Waals surface area contributed by atoms with Gasteiger partial charge in [0.1, 0.15) is 5.82 Å². The minimum Gasteiger partial charge on any atom is -0.357 e. The van der Waals surface area contributed by atoms with Crippen molar-refractivity contribution >= 4 is 11.8 Å². The topological polar surface area (TPSA) is 41.1 Å². The zero-order chi connectivity index (χ0) is 13.1. The largest absolute Gasteiger partial charge is 0.357 e. The van der Waals surface area contributed by atoms with Crippen molar-refractivity contribution in [2.45, 2.75) is 45.6 Å². The number of nitrogens with zero attached hydrogens (tertiary/aromatic N) is 3. The van der Waals surface area contributed by atoms with E-state index >= 15 is 0 Å². The lowest BCUT2D eigenvalue weighted by Gasteiger charge is -2.37. The van der Waals surface area contributed by atoms with Crippen LogP contribution in [0.1, 0.15) is 38.2 Å². The van der Waals surface area contributed by atoms with Gasteiger partial charge in [-0.2, -0.15) is 4.98 Å². The fourth-order valence-electron chi connectivity index (χ4n) is 2.94. The van der Waals surface area contributed by atoms with Crippen molar-refractivity contribution in [3.8, 4) is 0 Å². The van der Waals surface area contributed by atoms with Gasteiger partial charge < -0.3 is 10.2 Å². The maximum absolute atomic E-state index is 4.60. The normalized spacial score (nSPS) is 23.8. The van der Waals surface area contributed by atoms with E-state index in [0.29, 0.717) is 12.0 Å². The Balaban J connectivity index is 2.23. The summed E-state index contributed by atoms with van der Waals surface area (Å²) in [7, 11) is 4.03. The summed E-state index contributed by atoms with van der Waals surface area (Å²) in [4.78, 5) is 11.2. The van der Waals surface area contributed by atoms with Crippen molar-refractivity contribution in [1.82, 2.24) is 9.97 Å². The van der Waals surface area contributed by atoms with E-state index < -0.39 is 0 Å². The molecule has 1 saturated carbocycles. The van der Waals surface area contributed by atoms with Crippen LogP contribution in [0.2, 0.25) is 0 Å². The van der Waals surface area contributed by atoms with Crippen LogP contribution in [0.3, 0.4) is 0 Å². The highest BCUT2D eigenvalue weighted by atomic mass is 15.2. The average molecular weight is 248 g/mol. The molecule has 0 bridgehead atoms. The molecule has 1 fully saturated rings. The monoisotopic (exact) mass is 248 g/mol. The van der Waals surface area contributed by atoms with Gasteiger partial charge in [-0.05, 0) is 25.7 Å². The van der Waals surface area contributed by atoms with Gasteiger partial charge in [-0.1, -0.05) is 19.8 Å². The molecule has 0 radical (unpaired) electrons. The molecule has 100 valence electrons. The standard InChI is InChI=1S/C14H24N4/c1-10-7-5-6-8-12(10)18(4)13-11(2)9-16-14(15-3)17-13/h9-10,12H,5-8H2,1-4H3,(H,15,16,17). The number of hydrogen-bond acceptors (Lipinski definition) is 4. The number of anilines is 2. The first kappa shape index (κ1) is 13.1. The molecule has 4 nitrogen and oxygen atoms in total. The van der Waals surface area contributed by atoms with E-state index in [9.17, 15) is 0 Å². The van der Waals surface area contributed by atoms with Gasteiger partial charge >= 0.3 is 0 Å². The predicted molar refractivity (Wildman–Crippen MR) is 76.1 cm³/mol. The van der Waals surface area contributed by atoms with Gasteiger partial charge in [0.2, 0.25) is 5.95 Å². The van der Waals surface area contributed by atoms with Crippen LogP contribution in [0.15, 0.2) is 6.20 Å². The molecule has 1 heterocycles. The van der Waals surface area contributed by atoms with Crippen molar-refractivity contribution in [3.63, 3.8) is 0 Å². The number of rotatable bonds is 3. The Labute approximate surface area is 110 Å². The Morgan fingerprint density at radius 2 is 2.06 bits per heavy atom. The first-order valence-corrected chi connectivity index (χ1v) is 6.87. The Hall–Kier alpha value is -1.32. The summed E-state index contributed by atoms with van der Waals surface area (Å²) < 4.78 is 0. The van der Waals surface area contributed by atoms with Crippen LogP contribution in [-0.4, -0.2) is 30.1 Å². The summed E-state index contributed by atoms with van der Waals surface area (Å²) in [5, 5.41) is 3.01. The minimum atomic E-state index is 0.608. The van der Waals surface area contributed by atoms with Crippen molar-refractivity contribution < 1.29 is 0 Å². The van der Waals surface area contributed by atoms with Crippen LogP contribution in [0, 0.1) is 12.8 Å². The Morgan fingerprint density at radius 3 is 2.72 bits per heavy atom. The van der Waals surface area contributed by atoms with Gasteiger partial charge in [-0.25, -0.2) is 4.98 Å². The predicted octanol–water partition coefficient (Wildman–Crippen LogP) is 2.84. The number of hydrogen-bond donors (Lipinski definition) is 1. The minimum absolute atomic E-state index is 0.608. The Morgan fingerprint density at radius 1 is 1.33 bits per heavy atom. The van der Waals surface area contributed by atoms with Gasteiger partial charge in [0.05, 0.1) is 0 Å². The Kier molecular flexibility index (Phi) is 4.04. The first-order valence-electron chi connectivity index (χ1n) is 6.87. The summed E-state index contributed by atoms with van der Waals surface area (Å²) in [6, 6.07) is 0.608. The molecule has 1 aromatic heterocycles. The second kappa shape index (κ2) is 5.55. The molecular weight excluding hydrogens is 224 g/mol. The molecule has 2 atom stereocenters. The van der Waals surface area contributed by atoms with Crippen molar-refractivity contribution in [1.29, 1.82) is 0 Å². The van der Waals surface area contributed by atoms with E-state index in [1.807, 2.05) is 13.2 Å². The summed E-state index contributed by atoms with van der Waals surface area (Å²) in [5.41, 5.74) is 1.15. The van der Waals surface area contributed by atoms with Gasteiger partial charge in [-0.15, -0.1) is 0 Å². The third kappa shape index (κ3) is 2.57. The highest BCUT2D eigenvalue weighted by Crippen LogP contribution is 2.30. The summed E-state index contributed by atoms with van der Waals surface area (Å²) in [5.74, 6) is 2.51. The molecule has 2 unspecified atom stereocenters. The zero-order valence-electron chi connectivity index (χ0n) is 11.9. The van der Waals surface area contributed by atoms with E-state index in [4.69, 9.17) is 0 Å². The fraction of sp³-hybridized carbons (Fsp3) is 0.714. The maximum Gasteiger partial charge on any atom is 0.224 e. The summed E-state index contributed by atoms with van der Waals surface area (Å²) in [6.45, 7) is 4.44. The van der Waals surface area contributed by atoms with Gasteiger partial charge in [0, 0.05) is 31.9 Å². The average Bonchev–Trinajstić information content (AvgIpc) is 2.39. The van der Waals surface area contributed by atoms with E-state index in [0.717, 1.165) is 17.3 Å². The molecule has 1 N–H and O–H groups in total. The number of aromatic nitrogens is 2. The van der Waals surface area contributed by atoms with Crippen LogP contribution in [-0.2, 0) is 0 Å². The molecule has 0 aliphatic heterocycles. The van der Waals surface area contributed by atoms with E-state index in [1.54, 1.807) is 0 Å². The van der Waals surface area contributed by atoms with Crippen molar-refractivity contribution in [2.24, 2.45) is 5.92 Å². The second-order valence-electron chi connectivity index (χ2n) is 5.39. The van der Waals surface area contributed by atoms with E-state index in [1.165, 1.54) is 25.7 Å². The molecule has 0 amide bonds. The fourth-order valence-corrected chi connectivity index (χ4v) is 2.94. The molecular formula is C14H24N4. The highest BCUT2D eigenvalue weighted by Gasteiger charge is 2.26. The van der Waals surface area contributed by atoms with Gasteiger partial charge in [0.25, 0.3) is 0 Å². The summed E-state index contributed by atoms with van der Waals surface area (Å²) >= 11 is 0. The lowest BCUT2D eigenvalue weighted by molar-refractivity contribution is 0.320. The Bertz CT molecular complexity index is 405. The number of aryl methyl sites for hydroxylation is 1. The molecule has 18 heavy (non-hydrogen) atoms. The van der Waals surface area contributed by atoms with Gasteiger partial charge in [0.15, 0.2) is 0 Å². The second-order valence-corrected chi connectivity index (χ2v) is 5.39. The SMILES string of the molecule is CNc1ncc(C)c(N(C)C2CCCCC2C)n1. The zero-order valence-corrected chi connectivity index (χ0v) is 11.9. The third-order valence-corrected chi connectivity index (χ3v) is 4.07. The van der Waals surface area contributed by atoms with Crippen molar-refractivity contribution in [2.75, 3.05) is 24.3 Å². The molecule has 2 rings (SSSR count). The quantitative estimate of drug-likeness (QED) is 0.893. The maximum atomic E-state index is 4.60. The molecule has 0 aromatic carbocycles. The van der Waals surface area contributed by atoms with Crippen LogP contribution < -0.4 is 10.2 Å². The first-order chi connectivity index (χ1) is 8.63. The lowest BCUT2D eigenvalue weighted by Crippen LogP contribution is -2.39. The molecule has 1 aliphatic rings. The summed E-state index contributed by atoms with van der Waals surface area (Å²) in [6.07, 6.45) is 7.21. The molecule has 1 aromatic rings. The highest BCUT2D eigenvalue weighted by molar-refractivity contribution is 5.49. The number of nitrogens with one attached hydrogen (secondary N) is 1. The van der Waals surface area contributed by atoms with E-state index in [-0.39, 0.29) is 0 Å². The molecule has 0 saturated heterocycles. The molecule has 1 aliphatic carbocycles. The van der Waals surface area contributed by atoms with Crippen LogP contribution in [0.5, 0.6) is 0 Å². The lowest BCUT2D eigenvalue weighted by atomic mass is 9.85. The van der Waals surface area contributed by atoms with E-state index in [2.05, 4.69) is 41.1 Å². The third-order valence-electron chi connectivity index (χ3n) is 4.07. The van der Waals surface area contributed by atoms with Crippen LogP contribution in [0.4, 0.5) is 11.8 Å². The van der Waals surface area contributed by atoms with Crippen LogP contribution in [0.25, 0.3) is 0 Å². The van der Waals surface area contributed by atoms with Crippen molar-refractivity contribution in [3.05, 3.63) is 11.8 Å². The molecule has 4 heteroatoms. The van der Waals surface area contributed by atoms with Crippen LogP contribution >= 0.6 is 0 Å².